The molecule has 2 atom stereocenters. The van der Waals surface area contributed by atoms with E-state index in [1.165, 1.54) is 0 Å². The van der Waals surface area contributed by atoms with E-state index in [1.54, 1.807) is 25.1 Å². The van der Waals surface area contributed by atoms with Crippen molar-refractivity contribution in [3.05, 3.63) is 34.9 Å². The molecule has 0 saturated carbocycles. The fraction of sp³-hybridized carbons (Fsp3) is 0.500. The summed E-state index contributed by atoms with van der Waals surface area (Å²) in [6.45, 7) is 2.55. The van der Waals surface area contributed by atoms with Gasteiger partial charge < -0.3 is 9.47 Å². The van der Waals surface area contributed by atoms with Gasteiger partial charge in [-0.05, 0) is 43.9 Å². The Bertz CT molecular complexity index is 509. The van der Waals surface area contributed by atoms with Crippen LogP contribution >= 0.6 is 11.6 Å². The lowest BCUT2D eigenvalue weighted by molar-refractivity contribution is -0.154. The zero-order chi connectivity index (χ0) is 15.2. The Hall–Kier alpha value is -1.39. The lowest BCUT2D eigenvalue weighted by atomic mass is 9.91. The van der Waals surface area contributed by atoms with Crippen LogP contribution < -0.4 is 0 Å². The van der Waals surface area contributed by atoms with E-state index in [9.17, 15) is 9.59 Å². The van der Waals surface area contributed by atoms with Crippen molar-refractivity contribution >= 4 is 23.4 Å². The maximum atomic E-state index is 12.5. The van der Waals surface area contributed by atoms with Gasteiger partial charge in [0.15, 0.2) is 5.78 Å². The maximum absolute atomic E-state index is 12.5. The molecule has 1 fully saturated rings. The van der Waals surface area contributed by atoms with Crippen LogP contribution in [0.15, 0.2) is 24.3 Å². The van der Waals surface area contributed by atoms with Gasteiger partial charge >= 0.3 is 5.97 Å². The highest BCUT2D eigenvalue weighted by atomic mass is 35.5. The summed E-state index contributed by atoms with van der Waals surface area (Å²) < 4.78 is 10.4. The Morgan fingerprint density at radius 3 is 2.90 bits per heavy atom. The molecule has 0 bridgehead atoms. The fourth-order valence-electron chi connectivity index (χ4n) is 2.47. The van der Waals surface area contributed by atoms with Gasteiger partial charge in [-0.15, -0.1) is 0 Å². The molecule has 5 heteroatoms. The third-order valence-corrected chi connectivity index (χ3v) is 3.73. The van der Waals surface area contributed by atoms with Gasteiger partial charge in [0.1, 0.15) is 12.0 Å². The number of Topliss-reactive ketones (excluding diaryl/α,β-unsaturated/α-hetero) is 1. The van der Waals surface area contributed by atoms with Crippen LogP contribution in [0.1, 0.15) is 25.3 Å². The summed E-state index contributed by atoms with van der Waals surface area (Å²) in [7, 11) is 0. The Morgan fingerprint density at radius 2 is 2.29 bits per heavy atom. The smallest absolute Gasteiger partial charge is 0.316 e. The van der Waals surface area contributed by atoms with Gasteiger partial charge in [0, 0.05) is 11.6 Å². The zero-order valence-electron chi connectivity index (χ0n) is 12.0. The summed E-state index contributed by atoms with van der Waals surface area (Å²) in [5, 5.41) is 0.583. The highest BCUT2D eigenvalue weighted by Crippen LogP contribution is 2.22. The molecule has 114 valence electrons. The minimum Gasteiger partial charge on any atom is -0.465 e. The molecule has 0 aliphatic carbocycles. The minimum atomic E-state index is -0.827. The summed E-state index contributed by atoms with van der Waals surface area (Å²) in [5.74, 6) is -1.50. The second kappa shape index (κ2) is 7.57. The molecule has 0 N–H and O–H groups in total. The van der Waals surface area contributed by atoms with E-state index >= 15 is 0 Å². The lowest BCUT2D eigenvalue weighted by Crippen LogP contribution is -2.35. The molecule has 4 nitrogen and oxygen atoms in total. The number of rotatable bonds is 6. The lowest BCUT2D eigenvalue weighted by Gasteiger charge is -2.18. The Labute approximate surface area is 129 Å². The molecule has 0 radical (unpaired) electrons. The molecule has 0 aromatic heterocycles. The van der Waals surface area contributed by atoms with Gasteiger partial charge in [0.2, 0.25) is 0 Å². The molecule has 1 saturated heterocycles. The molecule has 1 aliphatic rings. The first kappa shape index (κ1) is 16.0. The predicted octanol–water partition coefficient (Wildman–Crippen LogP) is 2.81. The quantitative estimate of drug-likeness (QED) is 0.599. The topological polar surface area (TPSA) is 52.6 Å². The van der Waals surface area contributed by atoms with Crippen LogP contribution in [0.5, 0.6) is 0 Å². The van der Waals surface area contributed by atoms with E-state index in [-0.39, 0.29) is 18.8 Å². The minimum absolute atomic E-state index is 0.189. The summed E-state index contributed by atoms with van der Waals surface area (Å²) >= 11 is 5.95. The molecule has 0 amide bonds. The Balaban J connectivity index is 2.15. The van der Waals surface area contributed by atoms with E-state index in [0.717, 1.165) is 12.0 Å². The largest absolute Gasteiger partial charge is 0.465 e. The van der Waals surface area contributed by atoms with Crippen LogP contribution in [0.25, 0.3) is 0 Å². The van der Waals surface area contributed by atoms with Gasteiger partial charge in [0.05, 0.1) is 6.61 Å². The zero-order valence-corrected chi connectivity index (χ0v) is 12.8. The first-order valence-electron chi connectivity index (χ1n) is 7.18. The molecule has 21 heavy (non-hydrogen) atoms. The normalized spacial score (nSPS) is 19.2. The van der Waals surface area contributed by atoms with E-state index in [0.29, 0.717) is 18.1 Å². The number of halogens is 1. The first-order chi connectivity index (χ1) is 10.1. The molecule has 1 heterocycles. The van der Waals surface area contributed by atoms with Gasteiger partial charge in [0.25, 0.3) is 0 Å². The van der Waals surface area contributed by atoms with Crippen molar-refractivity contribution < 1.29 is 19.1 Å². The van der Waals surface area contributed by atoms with Gasteiger partial charge in [-0.25, -0.2) is 0 Å². The summed E-state index contributed by atoms with van der Waals surface area (Å²) in [4.78, 5) is 24.6. The predicted molar refractivity (Wildman–Crippen MR) is 79.3 cm³/mol. The number of carbonyl (C=O) groups is 2. The van der Waals surface area contributed by atoms with Crippen molar-refractivity contribution in [2.24, 2.45) is 5.92 Å². The number of ether oxygens (including phenoxy) is 2. The highest BCUT2D eigenvalue weighted by Gasteiger charge is 2.35. The molecule has 0 spiro atoms. The number of hydrogen-bond acceptors (Lipinski definition) is 4. The SMILES string of the molecule is CCOC(=O)C(Cc1cccc(Cl)c1)C(=O)C1CCCO1. The van der Waals surface area contributed by atoms with Crippen molar-refractivity contribution in [2.75, 3.05) is 13.2 Å². The van der Waals surface area contributed by atoms with Crippen LogP contribution in [-0.4, -0.2) is 31.1 Å². The van der Waals surface area contributed by atoms with Gasteiger partial charge in [-0.2, -0.15) is 0 Å². The van der Waals surface area contributed by atoms with Crippen molar-refractivity contribution in [3.8, 4) is 0 Å². The van der Waals surface area contributed by atoms with Crippen LogP contribution in [0.3, 0.4) is 0 Å². The number of benzene rings is 1. The average Bonchev–Trinajstić information content (AvgIpc) is 2.98. The van der Waals surface area contributed by atoms with Crippen molar-refractivity contribution in [1.29, 1.82) is 0 Å². The molecule has 1 aromatic carbocycles. The Kier molecular flexibility index (Phi) is 5.76. The Morgan fingerprint density at radius 1 is 1.48 bits per heavy atom. The monoisotopic (exact) mass is 310 g/mol. The van der Waals surface area contributed by atoms with E-state index in [1.807, 2.05) is 6.07 Å². The van der Waals surface area contributed by atoms with Gasteiger partial charge in [-0.3, -0.25) is 9.59 Å². The standard InChI is InChI=1S/C16H19ClO4/c1-2-20-16(19)13(15(18)14-7-4-8-21-14)10-11-5-3-6-12(17)9-11/h3,5-6,9,13-14H,2,4,7-8,10H2,1H3. The third-order valence-electron chi connectivity index (χ3n) is 3.49. The summed E-state index contributed by atoms with van der Waals surface area (Å²) in [6, 6.07) is 7.17. The van der Waals surface area contributed by atoms with E-state index < -0.39 is 18.0 Å². The molecule has 1 aliphatic heterocycles. The summed E-state index contributed by atoms with van der Waals surface area (Å²) in [5.41, 5.74) is 0.840. The number of esters is 1. The van der Waals surface area contributed by atoms with Crippen LogP contribution in [-0.2, 0) is 25.5 Å². The van der Waals surface area contributed by atoms with E-state index in [2.05, 4.69) is 0 Å². The van der Waals surface area contributed by atoms with Crippen LogP contribution in [0, 0.1) is 5.92 Å². The molecule has 2 rings (SSSR count). The summed E-state index contributed by atoms with van der Waals surface area (Å²) in [6.07, 6.45) is 1.32. The third kappa shape index (κ3) is 4.29. The maximum Gasteiger partial charge on any atom is 0.316 e. The highest BCUT2D eigenvalue weighted by molar-refractivity contribution is 6.30. The molecule has 1 aromatic rings. The van der Waals surface area contributed by atoms with Gasteiger partial charge in [-0.1, -0.05) is 23.7 Å². The van der Waals surface area contributed by atoms with Crippen molar-refractivity contribution in [2.45, 2.75) is 32.3 Å². The van der Waals surface area contributed by atoms with E-state index in [4.69, 9.17) is 21.1 Å². The van der Waals surface area contributed by atoms with Crippen LogP contribution in [0.2, 0.25) is 5.02 Å². The number of ketones is 1. The molecule has 2 unspecified atom stereocenters. The fourth-order valence-corrected chi connectivity index (χ4v) is 2.68. The second-order valence-corrected chi connectivity index (χ2v) is 5.48. The number of carbonyl (C=O) groups excluding carboxylic acids is 2. The van der Waals surface area contributed by atoms with Crippen molar-refractivity contribution in [1.82, 2.24) is 0 Å². The molecular formula is C16H19ClO4. The van der Waals surface area contributed by atoms with Crippen LogP contribution in [0.4, 0.5) is 0 Å². The molecular weight excluding hydrogens is 292 g/mol. The van der Waals surface area contributed by atoms with Crippen molar-refractivity contribution in [3.63, 3.8) is 0 Å². The average molecular weight is 311 g/mol. The first-order valence-corrected chi connectivity index (χ1v) is 7.56. The number of hydrogen-bond donors (Lipinski definition) is 0. The second-order valence-electron chi connectivity index (χ2n) is 5.04.